The smallest absolute Gasteiger partial charge is 0.261 e. The molecule has 3 N–H and O–H groups in total. The first-order valence-electron chi connectivity index (χ1n) is 11.3. The minimum Gasteiger partial charge on any atom is -0.497 e. The Hall–Kier alpha value is -4.35. The number of nitrogens with one attached hydrogen (secondary N) is 3. The van der Waals surface area contributed by atoms with E-state index in [2.05, 4.69) is 14.8 Å². The van der Waals surface area contributed by atoms with Crippen LogP contribution in [0.2, 0.25) is 0 Å². The molecule has 0 bridgehead atoms. The standard InChI is InChI=1S/C27H25N3O6S2/c1-19-25(9-6-10-26(19)30-38(34,35)23-7-4-3-5-8-23)27(31)28-20-13-17-24(18-14-20)37(32,33)29-21-11-15-22(36-2)16-12-21/h3-18,29-30H,1-2H3,(H,28,31). The molecule has 4 aromatic carbocycles. The molecule has 0 aliphatic heterocycles. The van der Waals surface area contributed by atoms with Gasteiger partial charge in [-0.1, -0.05) is 24.3 Å². The van der Waals surface area contributed by atoms with Crippen molar-refractivity contribution in [2.75, 3.05) is 21.9 Å². The van der Waals surface area contributed by atoms with Crippen LogP contribution in [0.5, 0.6) is 5.75 Å². The number of amides is 1. The van der Waals surface area contributed by atoms with Gasteiger partial charge in [0.25, 0.3) is 26.0 Å². The van der Waals surface area contributed by atoms with Crippen LogP contribution in [0.4, 0.5) is 17.1 Å². The van der Waals surface area contributed by atoms with Crippen molar-refractivity contribution in [1.29, 1.82) is 0 Å². The third-order valence-corrected chi connectivity index (χ3v) is 8.42. The molecule has 38 heavy (non-hydrogen) atoms. The van der Waals surface area contributed by atoms with Gasteiger partial charge in [-0.05, 0) is 85.3 Å². The fraction of sp³-hybridized carbons (Fsp3) is 0.0741. The van der Waals surface area contributed by atoms with Gasteiger partial charge in [0.2, 0.25) is 0 Å². The molecule has 1 amide bonds. The summed E-state index contributed by atoms with van der Waals surface area (Å²) in [5.74, 6) is 0.123. The Kier molecular flexibility index (Phi) is 7.70. The van der Waals surface area contributed by atoms with E-state index < -0.39 is 26.0 Å². The Bertz CT molecular complexity index is 1650. The minimum absolute atomic E-state index is 0.0137. The predicted molar refractivity (Wildman–Crippen MR) is 147 cm³/mol. The summed E-state index contributed by atoms with van der Waals surface area (Å²) in [6.07, 6.45) is 0. The average Bonchev–Trinajstić information content (AvgIpc) is 2.91. The molecule has 0 aliphatic carbocycles. The summed E-state index contributed by atoms with van der Waals surface area (Å²) in [7, 11) is -6.17. The van der Waals surface area contributed by atoms with E-state index in [4.69, 9.17) is 4.74 Å². The molecular formula is C27H25N3O6S2. The van der Waals surface area contributed by atoms with Crippen LogP contribution in [0.25, 0.3) is 0 Å². The molecule has 0 aromatic heterocycles. The summed E-state index contributed by atoms with van der Waals surface area (Å²) in [6, 6.07) is 24.8. The van der Waals surface area contributed by atoms with E-state index in [0.717, 1.165) is 0 Å². The van der Waals surface area contributed by atoms with Crippen molar-refractivity contribution in [2.45, 2.75) is 16.7 Å². The van der Waals surface area contributed by atoms with Crippen LogP contribution in [-0.4, -0.2) is 29.9 Å². The van der Waals surface area contributed by atoms with Crippen molar-refractivity contribution in [3.05, 3.63) is 108 Å². The Morgan fingerprint density at radius 3 is 1.87 bits per heavy atom. The van der Waals surface area contributed by atoms with E-state index in [1.54, 1.807) is 67.6 Å². The maximum Gasteiger partial charge on any atom is 0.261 e. The summed E-state index contributed by atoms with van der Waals surface area (Å²) >= 11 is 0. The summed E-state index contributed by atoms with van der Waals surface area (Å²) < 4.78 is 61.0. The zero-order chi connectivity index (χ0) is 27.3. The van der Waals surface area contributed by atoms with Crippen molar-refractivity contribution in [3.8, 4) is 5.75 Å². The highest BCUT2D eigenvalue weighted by Gasteiger charge is 2.19. The van der Waals surface area contributed by atoms with Crippen LogP contribution in [0.15, 0.2) is 107 Å². The zero-order valence-corrected chi connectivity index (χ0v) is 22.1. The highest BCUT2D eigenvalue weighted by Crippen LogP contribution is 2.24. The molecule has 0 fully saturated rings. The topological polar surface area (TPSA) is 131 Å². The third kappa shape index (κ3) is 6.13. The molecule has 0 saturated heterocycles. The van der Waals surface area contributed by atoms with Crippen molar-refractivity contribution in [1.82, 2.24) is 0 Å². The molecule has 196 valence electrons. The number of hydrogen-bond donors (Lipinski definition) is 3. The number of hydrogen-bond acceptors (Lipinski definition) is 6. The summed E-state index contributed by atoms with van der Waals surface area (Å²) in [4.78, 5) is 13.1. The lowest BCUT2D eigenvalue weighted by atomic mass is 10.1. The van der Waals surface area contributed by atoms with E-state index in [0.29, 0.717) is 22.7 Å². The van der Waals surface area contributed by atoms with Crippen molar-refractivity contribution < 1.29 is 26.4 Å². The van der Waals surface area contributed by atoms with E-state index >= 15 is 0 Å². The maximum absolute atomic E-state index is 13.0. The number of sulfonamides is 2. The van der Waals surface area contributed by atoms with Crippen molar-refractivity contribution in [2.24, 2.45) is 0 Å². The first-order chi connectivity index (χ1) is 18.1. The molecule has 0 atom stereocenters. The molecule has 0 radical (unpaired) electrons. The second kappa shape index (κ2) is 11.0. The van der Waals surface area contributed by atoms with Gasteiger partial charge in [0, 0.05) is 16.9 Å². The van der Waals surface area contributed by atoms with Crippen LogP contribution in [0.1, 0.15) is 15.9 Å². The number of anilines is 3. The number of ether oxygens (including phenoxy) is 1. The van der Waals surface area contributed by atoms with Gasteiger partial charge in [-0.3, -0.25) is 14.2 Å². The summed E-state index contributed by atoms with van der Waals surface area (Å²) in [5.41, 5.74) is 1.71. The molecule has 4 rings (SSSR count). The van der Waals surface area contributed by atoms with E-state index in [-0.39, 0.29) is 21.0 Å². The normalized spacial score (nSPS) is 11.4. The Morgan fingerprint density at radius 1 is 0.658 bits per heavy atom. The molecule has 4 aromatic rings. The summed E-state index contributed by atoms with van der Waals surface area (Å²) in [5, 5.41) is 2.72. The van der Waals surface area contributed by atoms with Gasteiger partial charge >= 0.3 is 0 Å². The van der Waals surface area contributed by atoms with E-state index in [1.807, 2.05) is 0 Å². The molecule has 0 aliphatic rings. The number of carbonyl (C=O) groups is 1. The molecule has 0 saturated carbocycles. The van der Waals surface area contributed by atoms with Crippen LogP contribution in [0.3, 0.4) is 0 Å². The van der Waals surface area contributed by atoms with Crippen LogP contribution in [-0.2, 0) is 20.0 Å². The fourth-order valence-electron chi connectivity index (χ4n) is 3.58. The van der Waals surface area contributed by atoms with Gasteiger partial charge in [0.15, 0.2) is 0 Å². The van der Waals surface area contributed by atoms with Gasteiger partial charge in [-0.15, -0.1) is 0 Å². The fourth-order valence-corrected chi connectivity index (χ4v) is 5.79. The second-order valence-electron chi connectivity index (χ2n) is 8.21. The van der Waals surface area contributed by atoms with Gasteiger partial charge in [0.05, 0.1) is 22.6 Å². The lowest BCUT2D eigenvalue weighted by Crippen LogP contribution is -2.17. The third-order valence-electron chi connectivity index (χ3n) is 5.64. The Labute approximate surface area is 221 Å². The second-order valence-corrected chi connectivity index (χ2v) is 11.6. The van der Waals surface area contributed by atoms with Crippen LogP contribution in [0, 0.1) is 6.92 Å². The lowest BCUT2D eigenvalue weighted by Gasteiger charge is -2.14. The highest BCUT2D eigenvalue weighted by atomic mass is 32.2. The number of carbonyl (C=O) groups excluding carboxylic acids is 1. The first kappa shape index (κ1) is 26.7. The lowest BCUT2D eigenvalue weighted by molar-refractivity contribution is 0.102. The van der Waals surface area contributed by atoms with Crippen LogP contribution < -0.4 is 19.5 Å². The van der Waals surface area contributed by atoms with E-state index in [9.17, 15) is 21.6 Å². The molecular weight excluding hydrogens is 526 g/mol. The minimum atomic E-state index is -3.85. The van der Waals surface area contributed by atoms with Crippen molar-refractivity contribution in [3.63, 3.8) is 0 Å². The molecule has 9 nitrogen and oxygen atoms in total. The highest BCUT2D eigenvalue weighted by molar-refractivity contribution is 7.93. The predicted octanol–water partition coefficient (Wildman–Crippen LogP) is 4.86. The first-order valence-corrected chi connectivity index (χ1v) is 14.3. The van der Waals surface area contributed by atoms with Gasteiger partial charge < -0.3 is 10.1 Å². The molecule has 0 heterocycles. The van der Waals surface area contributed by atoms with Gasteiger partial charge in [-0.2, -0.15) is 0 Å². The Balaban J connectivity index is 1.47. The number of methoxy groups -OCH3 is 1. The molecule has 0 unspecified atom stereocenters. The Morgan fingerprint density at radius 2 is 1.24 bits per heavy atom. The molecule has 0 spiro atoms. The van der Waals surface area contributed by atoms with Gasteiger partial charge in [0.1, 0.15) is 5.75 Å². The summed E-state index contributed by atoms with van der Waals surface area (Å²) in [6.45, 7) is 1.64. The van der Waals surface area contributed by atoms with Crippen molar-refractivity contribution >= 4 is 43.0 Å². The SMILES string of the molecule is COc1ccc(NS(=O)(=O)c2ccc(NC(=O)c3cccc(NS(=O)(=O)c4ccccc4)c3C)cc2)cc1. The monoisotopic (exact) mass is 551 g/mol. The largest absolute Gasteiger partial charge is 0.497 e. The zero-order valence-electron chi connectivity index (χ0n) is 20.5. The maximum atomic E-state index is 13.0. The average molecular weight is 552 g/mol. The number of rotatable bonds is 9. The van der Waals surface area contributed by atoms with E-state index in [1.165, 1.54) is 43.5 Å². The number of benzene rings is 4. The van der Waals surface area contributed by atoms with Crippen LogP contribution >= 0.6 is 0 Å². The quantitative estimate of drug-likeness (QED) is 0.272. The van der Waals surface area contributed by atoms with Gasteiger partial charge in [-0.25, -0.2) is 16.8 Å². The molecule has 11 heteroatoms.